The molecule has 104 valence electrons. The Balaban J connectivity index is 3.26. The van der Waals surface area contributed by atoms with E-state index in [0.29, 0.717) is 13.0 Å². The molecule has 19 heavy (non-hydrogen) atoms. The lowest BCUT2D eigenvalue weighted by Gasteiger charge is -2.24. The summed E-state index contributed by atoms with van der Waals surface area (Å²) in [5.74, 6) is 2.54. The molecule has 0 bridgehead atoms. The molecule has 5 heteroatoms. The summed E-state index contributed by atoms with van der Waals surface area (Å²) in [5.41, 5.74) is 0.903. The lowest BCUT2D eigenvalue weighted by Crippen LogP contribution is -2.25. The second kappa shape index (κ2) is 5.87. The fourth-order valence-corrected chi connectivity index (χ4v) is 1.78. The van der Waals surface area contributed by atoms with E-state index in [0.717, 1.165) is 23.0 Å². The van der Waals surface area contributed by atoms with Crippen molar-refractivity contribution in [3.05, 3.63) is 11.4 Å². The topological polar surface area (TPSA) is 64.8 Å². The van der Waals surface area contributed by atoms with Crippen LogP contribution in [0.3, 0.4) is 0 Å². The Morgan fingerprint density at radius 3 is 2.42 bits per heavy atom. The van der Waals surface area contributed by atoms with E-state index < -0.39 is 0 Å². The molecule has 0 aliphatic heterocycles. The van der Waals surface area contributed by atoms with Gasteiger partial charge in [-0.2, -0.15) is 5.26 Å². The van der Waals surface area contributed by atoms with Gasteiger partial charge < -0.3 is 10.2 Å². The van der Waals surface area contributed by atoms with Gasteiger partial charge in [-0.15, -0.1) is 0 Å². The lowest BCUT2D eigenvalue weighted by molar-refractivity contribution is 0.544. The highest BCUT2D eigenvalue weighted by atomic mass is 15.2. The van der Waals surface area contributed by atoms with E-state index in [-0.39, 0.29) is 5.41 Å². The van der Waals surface area contributed by atoms with Crippen molar-refractivity contribution < 1.29 is 0 Å². The van der Waals surface area contributed by atoms with Crippen molar-refractivity contribution in [3.63, 3.8) is 0 Å². The molecule has 0 radical (unpaired) electrons. The van der Waals surface area contributed by atoms with Crippen LogP contribution in [-0.2, 0) is 5.41 Å². The maximum absolute atomic E-state index is 8.69. The zero-order valence-corrected chi connectivity index (χ0v) is 12.7. The third kappa shape index (κ3) is 3.57. The summed E-state index contributed by atoms with van der Waals surface area (Å²) in [6.45, 7) is 8.94. The first-order chi connectivity index (χ1) is 8.81. The summed E-state index contributed by atoms with van der Waals surface area (Å²) in [7, 11) is 3.82. The van der Waals surface area contributed by atoms with Gasteiger partial charge in [-0.25, -0.2) is 9.97 Å². The molecule has 1 rings (SSSR count). The fraction of sp³-hybridized carbons (Fsp3) is 0.643. The van der Waals surface area contributed by atoms with Gasteiger partial charge in [0.2, 0.25) is 0 Å². The Morgan fingerprint density at radius 1 is 1.32 bits per heavy atom. The summed E-state index contributed by atoms with van der Waals surface area (Å²) >= 11 is 0. The van der Waals surface area contributed by atoms with Crippen molar-refractivity contribution >= 4 is 11.6 Å². The number of hydrogen-bond acceptors (Lipinski definition) is 5. The van der Waals surface area contributed by atoms with Gasteiger partial charge in [-0.05, 0) is 6.92 Å². The molecule has 0 atom stereocenters. The number of nitrogens with one attached hydrogen (secondary N) is 1. The van der Waals surface area contributed by atoms with Crippen molar-refractivity contribution in [1.29, 1.82) is 5.26 Å². The Labute approximate surface area is 115 Å². The number of anilines is 2. The maximum Gasteiger partial charge on any atom is 0.138 e. The molecule has 0 amide bonds. The van der Waals surface area contributed by atoms with Gasteiger partial charge in [0.1, 0.15) is 17.5 Å². The summed E-state index contributed by atoms with van der Waals surface area (Å²) < 4.78 is 0. The molecule has 1 aromatic heterocycles. The van der Waals surface area contributed by atoms with Crippen LogP contribution < -0.4 is 10.2 Å². The van der Waals surface area contributed by atoms with Crippen LogP contribution in [-0.4, -0.2) is 30.6 Å². The van der Waals surface area contributed by atoms with Crippen LogP contribution in [0.5, 0.6) is 0 Å². The van der Waals surface area contributed by atoms with Gasteiger partial charge in [0.25, 0.3) is 0 Å². The quantitative estimate of drug-likeness (QED) is 0.902. The molecular weight excluding hydrogens is 238 g/mol. The molecule has 0 fully saturated rings. The normalized spacial score (nSPS) is 11.0. The summed E-state index contributed by atoms with van der Waals surface area (Å²) in [4.78, 5) is 11.3. The monoisotopic (exact) mass is 261 g/mol. The minimum absolute atomic E-state index is 0.107. The SMILES string of the molecule is CNc1nc(C(C)(C)C)nc(N(C)CCC#N)c1C. The molecular formula is C14H23N5. The number of rotatable bonds is 4. The van der Waals surface area contributed by atoms with Gasteiger partial charge >= 0.3 is 0 Å². The smallest absolute Gasteiger partial charge is 0.138 e. The highest BCUT2D eigenvalue weighted by molar-refractivity contribution is 5.58. The van der Waals surface area contributed by atoms with Gasteiger partial charge in [0, 0.05) is 31.6 Å². The molecule has 0 saturated carbocycles. The average molecular weight is 261 g/mol. The molecule has 0 aliphatic rings. The highest BCUT2D eigenvalue weighted by Gasteiger charge is 2.22. The van der Waals surface area contributed by atoms with Crippen molar-refractivity contribution in [2.45, 2.75) is 39.5 Å². The van der Waals surface area contributed by atoms with Gasteiger partial charge in [0.15, 0.2) is 0 Å². The van der Waals surface area contributed by atoms with E-state index in [1.165, 1.54) is 0 Å². The molecule has 5 nitrogen and oxygen atoms in total. The Hall–Kier alpha value is -1.83. The number of nitrogens with zero attached hydrogens (tertiary/aromatic N) is 4. The number of hydrogen-bond donors (Lipinski definition) is 1. The van der Waals surface area contributed by atoms with E-state index in [1.54, 1.807) is 0 Å². The molecule has 1 aromatic rings. The van der Waals surface area contributed by atoms with Gasteiger partial charge in [-0.3, -0.25) is 0 Å². The third-order valence-corrected chi connectivity index (χ3v) is 2.95. The lowest BCUT2D eigenvalue weighted by atomic mass is 9.95. The van der Waals surface area contributed by atoms with E-state index in [4.69, 9.17) is 5.26 Å². The first kappa shape index (κ1) is 15.2. The first-order valence-electron chi connectivity index (χ1n) is 6.46. The second-order valence-corrected chi connectivity index (χ2v) is 5.67. The minimum atomic E-state index is -0.107. The van der Waals surface area contributed by atoms with Gasteiger partial charge in [-0.1, -0.05) is 20.8 Å². The number of nitriles is 1. The fourth-order valence-electron chi connectivity index (χ4n) is 1.78. The second-order valence-electron chi connectivity index (χ2n) is 5.67. The van der Waals surface area contributed by atoms with Crippen LogP contribution in [0.4, 0.5) is 11.6 Å². The Bertz CT molecular complexity index is 482. The van der Waals surface area contributed by atoms with E-state index in [2.05, 4.69) is 42.1 Å². The van der Waals surface area contributed by atoms with E-state index in [9.17, 15) is 0 Å². The van der Waals surface area contributed by atoms with Crippen LogP contribution in [0.15, 0.2) is 0 Å². The Kier molecular flexibility index (Phi) is 4.71. The molecule has 1 heterocycles. The van der Waals surface area contributed by atoms with Crippen molar-refractivity contribution in [2.75, 3.05) is 30.9 Å². The standard InChI is InChI=1S/C14H23N5/c1-10-11(16-5)17-13(14(2,3)4)18-12(10)19(6)9-7-8-15/h7,9H2,1-6H3,(H,16,17,18). The van der Waals surface area contributed by atoms with Crippen molar-refractivity contribution in [1.82, 2.24) is 9.97 Å². The predicted octanol–water partition coefficient (Wildman–Crippen LogP) is 2.47. The van der Waals surface area contributed by atoms with Crippen LogP contribution >= 0.6 is 0 Å². The maximum atomic E-state index is 8.69. The average Bonchev–Trinajstić information content (AvgIpc) is 2.34. The van der Waals surface area contributed by atoms with Crippen LogP contribution in [0.2, 0.25) is 0 Å². The Morgan fingerprint density at radius 2 is 1.95 bits per heavy atom. The summed E-state index contributed by atoms with van der Waals surface area (Å²) in [6.07, 6.45) is 0.486. The predicted molar refractivity (Wildman–Crippen MR) is 78.5 cm³/mol. The van der Waals surface area contributed by atoms with Crippen molar-refractivity contribution in [3.8, 4) is 6.07 Å². The van der Waals surface area contributed by atoms with Crippen LogP contribution in [0.25, 0.3) is 0 Å². The molecule has 0 aromatic carbocycles. The molecule has 1 N–H and O–H groups in total. The molecule has 0 aliphatic carbocycles. The zero-order valence-electron chi connectivity index (χ0n) is 12.7. The largest absolute Gasteiger partial charge is 0.373 e. The summed E-state index contributed by atoms with van der Waals surface area (Å²) in [5, 5.41) is 11.8. The minimum Gasteiger partial charge on any atom is -0.373 e. The highest BCUT2D eigenvalue weighted by Crippen LogP contribution is 2.27. The molecule has 0 unspecified atom stereocenters. The third-order valence-electron chi connectivity index (χ3n) is 2.95. The summed E-state index contributed by atoms with van der Waals surface area (Å²) in [6, 6.07) is 2.16. The first-order valence-corrected chi connectivity index (χ1v) is 6.46. The molecule has 0 saturated heterocycles. The van der Waals surface area contributed by atoms with Crippen molar-refractivity contribution in [2.24, 2.45) is 0 Å². The van der Waals surface area contributed by atoms with E-state index >= 15 is 0 Å². The van der Waals surface area contributed by atoms with Crippen LogP contribution in [0, 0.1) is 18.3 Å². The van der Waals surface area contributed by atoms with Gasteiger partial charge in [0.05, 0.1) is 12.5 Å². The van der Waals surface area contributed by atoms with E-state index in [1.807, 2.05) is 25.9 Å². The zero-order chi connectivity index (χ0) is 14.6. The van der Waals surface area contributed by atoms with Crippen LogP contribution in [0.1, 0.15) is 38.6 Å². The molecule has 0 spiro atoms. The number of aromatic nitrogens is 2.